The summed E-state index contributed by atoms with van der Waals surface area (Å²) in [5.74, 6) is 0. The molecule has 1 aliphatic rings. The quantitative estimate of drug-likeness (QED) is 0.881. The minimum absolute atomic E-state index is 0.0645. The highest BCUT2D eigenvalue weighted by Crippen LogP contribution is 2.17. The summed E-state index contributed by atoms with van der Waals surface area (Å²) in [7, 11) is 0. The molecule has 1 aromatic rings. The number of carbonyl (C=O) groups is 1. The van der Waals surface area contributed by atoms with Crippen LogP contribution in [0.1, 0.15) is 19.0 Å². The van der Waals surface area contributed by atoms with Crippen molar-refractivity contribution in [2.24, 2.45) is 0 Å². The molecule has 0 radical (unpaired) electrons. The Morgan fingerprint density at radius 1 is 1.50 bits per heavy atom. The zero-order valence-electron chi connectivity index (χ0n) is 12.0. The van der Waals surface area contributed by atoms with Crippen molar-refractivity contribution in [3.63, 3.8) is 0 Å². The number of carbonyl (C=O) groups excluding carboxylic acids is 1. The van der Waals surface area contributed by atoms with Crippen LogP contribution < -0.4 is 5.32 Å². The number of aromatic nitrogens is 1. The topological polar surface area (TPSA) is 68.7 Å². The van der Waals surface area contributed by atoms with Gasteiger partial charge in [-0.2, -0.15) is 4.37 Å². The summed E-state index contributed by atoms with van der Waals surface area (Å²) in [5.41, 5.74) is 0.920. The third kappa shape index (κ3) is 3.68. The number of piperazine rings is 1. The second kappa shape index (κ2) is 7.01. The smallest absolute Gasteiger partial charge is 0.322 e. The predicted octanol–water partition coefficient (Wildman–Crippen LogP) is 1.37. The molecule has 2 N–H and O–H groups in total. The first kappa shape index (κ1) is 15.2. The fraction of sp³-hybridized carbons (Fsp3) is 0.692. The van der Waals surface area contributed by atoms with Crippen molar-refractivity contribution in [1.29, 1.82) is 0 Å². The third-order valence-electron chi connectivity index (χ3n) is 3.66. The zero-order valence-corrected chi connectivity index (χ0v) is 12.8. The van der Waals surface area contributed by atoms with Gasteiger partial charge in [0.05, 0.1) is 12.3 Å². The van der Waals surface area contributed by atoms with Gasteiger partial charge in [-0.1, -0.05) is 6.92 Å². The molecule has 0 aliphatic carbocycles. The van der Waals surface area contributed by atoms with Crippen LogP contribution in [0.4, 0.5) is 9.80 Å². The molecule has 0 spiro atoms. The lowest BCUT2D eigenvalue weighted by molar-refractivity contribution is 0.0766. The molecule has 1 atom stereocenters. The molecule has 2 rings (SSSR count). The van der Waals surface area contributed by atoms with Gasteiger partial charge in [0.15, 0.2) is 0 Å². The lowest BCUT2D eigenvalue weighted by Crippen LogP contribution is -2.53. The van der Waals surface area contributed by atoms with Crippen molar-refractivity contribution in [3.8, 4) is 0 Å². The molecule has 20 heavy (non-hydrogen) atoms. The minimum Gasteiger partial charge on any atom is -0.395 e. The van der Waals surface area contributed by atoms with Gasteiger partial charge < -0.3 is 10.0 Å². The third-order valence-corrected chi connectivity index (χ3v) is 4.45. The maximum Gasteiger partial charge on any atom is 0.322 e. The summed E-state index contributed by atoms with van der Waals surface area (Å²) >= 11 is 1.30. The molecule has 112 valence electrons. The van der Waals surface area contributed by atoms with Crippen molar-refractivity contribution in [1.82, 2.24) is 14.2 Å². The Bertz CT molecular complexity index is 439. The van der Waals surface area contributed by atoms with E-state index in [9.17, 15) is 9.90 Å². The Hall–Kier alpha value is -1.18. The number of amides is 2. The standard InChI is InChI=1S/C13H22N4O2S/c1-3-11(9-18)16-4-6-17(7-5-16)13(19)14-12-8-10(2)15-20-12/h8,11,18H,3-7,9H2,1-2H3,(H,14,19)/t11-/m0/s1. The number of rotatable bonds is 4. The number of hydrogen-bond donors (Lipinski definition) is 2. The molecule has 2 amide bonds. The van der Waals surface area contributed by atoms with E-state index >= 15 is 0 Å². The number of aryl methyl sites for hydroxylation is 1. The van der Waals surface area contributed by atoms with E-state index in [0.717, 1.165) is 30.2 Å². The first-order chi connectivity index (χ1) is 9.63. The summed E-state index contributed by atoms with van der Waals surface area (Å²) in [6.45, 7) is 7.18. The highest BCUT2D eigenvalue weighted by molar-refractivity contribution is 7.10. The van der Waals surface area contributed by atoms with Crippen molar-refractivity contribution < 1.29 is 9.90 Å². The van der Waals surface area contributed by atoms with Gasteiger partial charge in [-0.15, -0.1) is 0 Å². The summed E-state index contributed by atoms with van der Waals surface area (Å²) in [6, 6.07) is 2.02. The lowest BCUT2D eigenvalue weighted by atomic mass is 10.2. The van der Waals surface area contributed by atoms with E-state index < -0.39 is 0 Å². The van der Waals surface area contributed by atoms with E-state index in [2.05, 4.69) is 21.5 Å². The number of hydrogen-bond acceptors (Lipinski definition) is 5. The Morgan fingerprint density at radius 2 is 2.20 bits per heavy atom. The van der Waals surface area contributed by atoms with E-state index in [1.165, 1.54) is 11.5 Å². The van der Waals surface area contributed by atoms with Crippen LogP contribution in [0.5, 0.6) is 0 Å². The Kier molecular flexibility index (Phi) is 5.33. The van der Waals surface area contributed by atoms with E-state index in [4.69, 9.17) is 0 Å². The number of nitrogens with one attached hydrogen (secondary N) is 1. The van der Waals surface area contributed by atoms with Gasteiger partial charge in [0.1, 0.15) is 5.00 Å². The van der Waals surface area contributed by atoms with E-state index in [-0.39, 0.29) is 18.7 Å². The molecule has 7 heteroatoms. The van der Waals surface area contributed by atoms with Gasteiger partial charge >= 0.3 is 6.03 Å². The van der Waals surface area contributed by atoms with Crippen LogP contribution in [0, 0.1) is 6.92 Å². The van der Waals surface area contributed by atoms with Gasteiger partial charge in [0.25, 0.3) is 0 Å². The molecule has 1 aromatic heterocycles. The van der Waals surface area contributed by atoms with Gasteiger partial charge in [-0.3, -0.25) is 10.2 Å². The fourth-order valence-electron chi connectivity index (χ4n) is 2.40. The van der Waals surface area contributed by atoms with Crippen LogP contribution in [0.25, 0.3) is 0 Å². The normalized spacial score (nSPS) is 18.1. The fourth-order valence-corrected chi connectivity index (χ4v) is 3.05. The summed E-state index contributed by atoms with van der Waals surface area (Å²) in [5, 5.41) is 13.0. The number of nitrogens with zero attached hydrogens (tertiary/aromatic N) is 3. The Balaban J connectivity index is 1.82. The predicted molar refractivity (Wildman–Crippen MR) is 80.2 cm³/mol. The highest BCUT2D eigenvalue weighted by Gasteiger charge is 2.25. The maximum atomic E-state index is 12.1. The Labute approximate surface area is 123 Å². The minimum atomic E-state index is -0.0645. The summed E-state index contributed by atoms with van der Waals surface area (Å²) < 4.78 is 4.14. The van der Waals surface area contributed by atoms with Crippen LogP contribution in [0.3, 0.4) is 0 Å². The van der Waals surface area contributed by atoms with Crippen molar-refractivity contribution in [2.75, 3.05) is 38.1 Å². The van der Waals surface area contributed by atoms with Crippen LogP contribution >= 0.6 is 11.5 Å². The number of urea groups is 1. The molecule has 0 bridgehead atoms. The highest BCUT2D eigenvalue weighted by atomic mass is 32.1. The van der Waals surface area contributed by atoms with Crippen molar-refractivity contribution in [2.45, 2.75) is 26.3 Å². The number of aliphatic hydroxyl groups is 1. The van der Waals surface area contributed by atoms with Gasteiger partial charge in [-0.25, -0.2) is 4.79 Å². The number of anilines is 1. The Morgan fingerprint density at radius 3 is 2.70 bits per heavy atom. The summed E-state index contributed by atoms with van der Waals surface area (Å²) in [6.07, 6.45) is 0.933. The SMILES string of the molecule is CC[C@@H](CO)N1CCN(C(=O)Nc2cc(C)ns2)CC1. The van der Waals surface area contributed by atoms with Crippen molar-refractivity contribution >= 4 is 22.6 Å². The average molecular weight is 298 g/mol. The maximum absolute atomic E-state index is 12.1. The number of aliphatic hydroxyl groups excluding tert-OH is 1. The molecule has 6 nitrogen and oxygen atoms in total. The van der Waals surface area contributed by atoms with Crippen LogP contribution in [0.2, 0.25) is 0 Å². The molecule has 0 aromatic carbocycles. The molecule has 0 saturated carbocycles. The molecular formula is C13H22N4O2S. The van der Waals surface area contributed by atoms with Gasteiger partial charge in [0, 0.05) is 32.2 Å². The van der Waals surface area contributed by atoms with E-state index in [1.54, 1.807) is 0 Å². The molecule has 1 saturated heterocycles. The molecular weight excluding hydrogens is 276 g/mol. The van der Waals surface area contributed by atoms with Crippen LogP contribution in [-0.4, -0.2) is 64.1 Å². The monoisotopic (exact) mass is 298 g/mol. The van der Waals surface area contributed by atoms with Gasteiger partial charge in [-0.05, 0) is 30.9 Å². The molecule has 1 fully saturated rings. The van der Waals surface area contributed by atoms with Crippen LogP contribution in [-0.2, 0) is 0 Å². The summed E-state index contributed by atoms with van der Waals surface area (Å²) in [4.78, 5) is 16.2. The van der Waals surface area contributed by atoms with E-state index in [1.807, 2.05) is 17.9 Å². The molecule has 0 unspecified atom stereocenters. The second-order valence-corrected chi connectivity index (χ2v) is 5.84. The average Bonchev–Trinajstić information content (AvgIpc) is 2.86. The first-order valence-corrected chi connectivity index (χ1v) is 7.75. The second-order valence-electron chi connectivity index (χ2n) is 5.03. The largest absolute Gasteiger partial charge is 0.395 e. The lowest BCUT2D eigenvalue weighted by Gasteiger charge is -2.38. The molecule has 2 heterocycles. The van der Waals surface area contributed by atoms with E-state index in [0.29, 0.717) is 13.1 Å². The van der Waals surface area contributed by atoms with Crippen LogP contribution in [0.15, 0.2) is 6.07 Å². The van der Waals surface area contributed by atoms with Crippen molar-refractivity contribution in [3.05, 3.63) is 11.8 Å². The first-order valence-electron chi connectivity index (χ1n) is 6.98. The van der Waals surface area contributed by atoms with Gasteiger partial charge in [0.2, 0.25) is 0 Å². The zero-order chi connectivity index (χ0) is 14.5. The molecule has 1 aliphatic heterocycles.